The minimum atomic E-state index is -0.960. The first-order valence-electron chi connectivity index (χ1n) is 4.75. The van der Waals surface area contributed by atoms with Crippen LogP contribution in [-0.2, 0) is 4.79 Å². The highest BCUT2D eigenvalue weighted by molar-refractivity contribution is 5.79. The SMILES string of the molecule is CC(O)C(=O)NCC1CCCC1O. The van der Waals surface area contributed by atoms with Gasteiger partial charge in [0, 0.05) is 12.5 Å². The molecule has 0 spiro atoms. The maximum Gasteiger partial charge on any atom is 0.248 e. The fourth-order valence-electron chi connectivity index (χ4n) is 1.63. The first-order chi connectivity index (χ1) is 6.11. The molecule has 1 rings (SSSR count). The van der Waals surface area contributed by atoms with Crippen LogP contribution >= 0.6 is 0 Å². The molecule has 1 aliphatic rings. The van der Waals surface area contributed by atoms with Gasteiger partial charge >= 0.3 is 0 Å². The molecule has 3 unspecified atom stereocenters. The molecular weight excluding hydrogens is 170 g/mol. The molecule has 0 heterocycles. The zero-order valence-corrected chi connectivity index (χ0v) is 7.86. The van der Waals surface area contributed by atoms with Gasteiger partial charge in [-0.25, -0.2) is 0 Å². The lowest BCUT2D eigenvalue weighted by atomic mass is 10.1. The summed E-state index contributed by atoms with van der Waals surface area (Å²) < 4.78 is 0. The van der Waals surface area contributed by atoms with Crippen LogP contribution in [0.3, 0.4) is 0 Å². The second-order valence-corrected chi connectivity index (χ2v) is 3.68. The predicted molar refractivity (Wildman–Crippen MR) is 48.0 cm³/mol. The summed E-state index contributed by atoms with van der Waals surface area (Å²) in [4.78, 5) is 11.0. The lowest BCUT2D eigenvalue weighted by Crippen LogP contribution is -2.37. The van der Waals surface area contributed by atoms with Gasteiger partial charge < -0.3 is 15.5 Å². The normalized spacial score (nSPS) is 30.1. The summed E-state index contributed by atoms with van der Waals surface area (Å²) in [5, 5.41) is 20.9. The summed E-state index contributed by atoms with van der Waals surface area (Å²) in [6.45, 7) is 1.91. The maximum absolute atomic E-state index is 11.0. The molecule has 1 fully saturated rings. The largest absolute Gasteiger partial charge is 0.393 e. The smallest absolute Gasteiger partial charge is 0.248 e. The number of hydrogen-bond acceptors (Lipinski definition) is 3. The summed E-state index contributed by atoms with van der Waals surface area (Å²) in [7, 11) is 0. The number of aliphatic hydroxyl groups excluding tert-OH is 2. The lowest BCUT2D eigenvalue weighted by Gasteiger charge is -2.15. The molecular formula is C9H17NO3. The Kier molecular flexibility index (Phi) is 3.69. The Morgan fingerprint density at radius 1 is 1.62 bits per heavy atom. The molecule has 0 aromatic rings. The van der Waals surface area contributed by atoms with Crippen molar-refractivity contribution in [3.8, 4) is 0 Å². The van der Waals surface area contributed by atoms with Crippen molar-refractivity contribution in [1.29, 1.82) is 0 Å². The number of hydrogen-bond donors (Lipinski definition) is 3. The van der Waals surface area contributed by atoms with Crippen LogP contribution in [0.15, 0.2) is 0 Å². The van der Waals surface area contributed by atoms with Crippen molar-refractivity contribution in [2.45, 2.75) is 38.4 Å². The van der Waals surface area contributed by atoms with E-state index in [2.05, 4.69) is 5.32 Å². The van der Waals surface area contributed by atoms with Gasteiger partial charge in [0.05, 0.1) is 6.10 Å². The summed E-state index contributed by atoms with van der Waals surface area (Å²) >= 11 is 0. The third-order valence-corrected chi connectivity index (χ3v) is 2.54. The van der Waals surface area contributed by atoms with Gasteiger partial charge in [0.1, 0.15) is 6.10 Å². The van der Waals surface area contributed by atoms with Crippen LogP contribution in [0.4, 0.5) is 0 Å². The Morgan fingerprint density at radius 2 is 2.31 bits per heavy atom. The first kappa shape index (κ1) is 10.5. The van der Waals surface area contributed by atoms with E-state index in [4.69, 9.17) is 5.11 Å². The second kappa shape index (κ2) is 4.58. The quantitative estimate of drug-likeness (QED) is 0.565. The van der Waals surface area contributed by atoms with E-state index in [0.29, 0.717) is 6.54 Å². The highest BCUT2D eigenvalue weighted by atomic mass is 16.3. The Labute approximate surface area is 78.0 Å². The highest BCUT2D eigenvalue weighted by Gasteiger charge is 2.25. The number of carbonyl (C=O) groups is 1. The number of nitrogens with one attached hydrogen (secondary N) is 1. The molecule has 0 aromatic heterocycles. The fourth-order valence-corrected chi connectivity index (χ4v) is 1.63. The molecule has 0 saturated heterocycles. The van der Waals surface area contributed by atoms with Crippen LogP contribution < -0.4 is 5.32 Å². The summed E-state index contributed by atoms with van der Waals surface area (Å²) in [5.41, 5.74) is 0. The van der Waals surface area contributed by atoms with Crippen molar-refractivity contribution in [2.75, 3.05) is 6.54 Å². The van der Waals surface area contributed by atoms with Crippen molar-refractivity contribution in [1.82, 2.24) is 5.32 Å². The van der Waals surface area contributed by atoms with Gasteiger partial charge in [-0.1, -0.05) is 6.42 Å². The zero-order chi connectivity index (χ0) is 9.84. The topological polar surface area (TPSA) is 69.6 Å². The molecule has 1 amide bonds. The van der Waals surface area contributed by atoms with Crippen LogP contribution in [0.2, 0.25) is 0 Å². The Hall–Kier alpha value is -0.610. The standard InChI is InChI=1S/C9H17NO3/c1-6(11)9(13)10-5-7-3-2-4-8(7)12/h6-8,11-12H,2-5H2,1H3,(H,10,13). The van der Waals surface area contributed by atoms with Gasteiger partial charge in [-0.15, -0.1) is 0 Å². The van der Waals surface area contributed by atoms with Crippen molar-refractivity contribution < 1.29 is 15.0 Å². The summed E-state index contributed by atoms with van der Waals surface area (Å²) in [6.07, 6.45) is 1.57. The fraction of sp³-hybridized carbons (Fsp3) is 0.889. The van der Waals surface area contributed by atoms with E-state index in [1.807, 2.05) is 0 Å². The van der Waals surface area contributed by atoms with Crippen LogP contribution in [0.1, 0.15) is 26.2 Å². The monoisotopic (exact) mass is 187 g/mol. The van der Waals surface area contributed by atoms with Crippen molar-refractivity contribution in [3.63, 3.8) is 0 Å². The van der Waals surface area contributed by atoms with Gasteiger partial charge in [0.15, 0.2) is 0 Å². The van der Waals surface area contributed by atoms with Crippen molar-refractivity contribution in [3.05, 3.63) is 0 Å². The number of aliphatic hydroxyl groups is 2. The molecule has 0 aromatic carbocycles. The predicted octanol–water partition coefficient (Wildman–Crippen LogP) is -0.356. The average molecular weight is 187 g/mol. The number of rotatable bonds is 3. The van der Waals surface area contributed by atoms with Crippen LogP contribution in [0.25, 0.3) is 0 Å². The van der Waals surface area contributed by atoms with Crippen LogP contribution in [-0.4, -0.2) is 34.9 Å². The Morgan fingerprint density at radius 3 is 2.77 bits per heavy atom. The third kappa shape index (κ3) is 2.97. The molecule has 0 radical (unpaired) electrons. The molecule has 0 bridgehead atoms. The van der Waals surface area contributed by atoms with E-state index in [9.17, 15) is 9.90 Å². The molecule has 3 N–H and O–H groups in total. The minimum absolute atomic E-state index is 0.169. The molecule has 4 heteroatoms. The van der Waals surface area contributed by atoms with Gasteiger partial charge in [-0.2, -0.15) is 0 Å². The van der Waals surface area contributed by atoms with Gasteiger partial charge in [0.25, 0.3) is 0 Å². The van der Waals surface area contributed by atoms with Crippen molar-refractivity contribution >= 4 is 5.91 Å². The van der Waals surface area contributed by atoms with E-state index < -0.39 is 6.10 Å². The molecule has 4 nitrogen and oxygen atoms in total. The van der Waals surface area contributed by atoms with E-state index in [-0.39, 0.29) is 17.9 Å². The van der Waals surface area contributed by atoms with Crippen molar-refractivity contribution in [2.24, 2.45) is 5.92 Å². The summed E-state index contributed by atoms with van der Waals surface area (Å²) in [6, 6.07) is 0. The third-order valence-electron chi connectivity index (χ3n) is 2.54. The average Bonchev–Trinajstić information content (AvgIpc) is 2.47. The molecule has 76 valence electrons. The molecule has 13 heavy (non-hydrogen) atoms. The minimum Gasteiger partial charge on any atom is -0.393 e. The number of carbonyl (C=O) groups excluding carboxylic acids is 1. The first-order valence-corrected chi connectivity index (χ1v) is 4.75. The highest BCUT2D eigenvalue weighted by Crippen LogP contribution is 2.24. The van der Waals surface area contributed by atoms with Crippen LogP contribution in [0, 0.1) is 5.92 Å². The Balaban J connectivity index is 2.22. The molecule has 0 aliphatic heterocycles. The molecule has 1 aliphatic carbocycles. The van der Waals surface area contributed by atoms with Gasteiger partial charge in [-0.05, 0) is 19.8 Å². The van der Waals surface area contributed by atoms with E-state index in [0.717, 1.165) is 19.3 Å². The second-order valence-electron chi connectivity index (χ2n) is 3.68. The van der Waals surface area contributed by atoms with E-state index in [1.165, 1.54) is 6.92 Å². The lowest BCUT2D eigenvalue weighted by molar-refractivity contribution is -0.128. The van der Waals surface area contributed by atoms with Gasteiger partial charge in [0.2, 0.25) is 5.91 Å². The van der Waals surface area contributed by atoms with Gasteiger partial charge in [-0.3, -0.25) is 4.79 Å². The molecule has 1 saturated carbocycles. The van der Waals surface area contributed by atoms with Crippen LogP contribution in [0.5, 0.6) is 0 Å². The van der Waals surface area contributed by atoms with E-state index >= 15 is 0 Å². The maximum atomic E-state index is 11.0. The zero-order valence-electron chi connectivity index (χ0n) is 7.86. The molecule has 3 atom stereocenters. The van der Waals surface area contributed by atoms with E-state index in [1.54, 1.807) is 0 Å². The number of amides is 1. The summed E-state index contributed by atoms with van der Waals surface area (Å²) in [5.74, 6) is -0.193. The Bertz CT molecular complexity index is 182.